The minimum atomic E-state index is -3.69. The van der Waals surface area contributed by atoms with Crippen molar-refractivity contribution in [2.24, 2.45) is 0 Å². The molecule has 0 aromatic heterocycles. The Kier molecular flexibility index (Phi) is 7.26. The van der Waals surface area contributed by atoms with Crippen molar-refractivity contribution >= 4 is 40.4 Å². The number of para-hydroxylation sites is 3. The van der Waals surface area contributed by atoms with E-state index in [1.807, 2.05) is 0 Å². The standard InChI is InChI=1S/C17H21F2N3O3S.ClH/c1-20-9-11-25-12-10-21-15-7-2-3-8-16(15)22(26(21,23)24)17-13(18)5-4-6-14(17)19;/h2-8,20,23-24H,9-12H2,1H3;1H. The SMILES string of the molecule is CNCCOCCN1c2ccccc2N(c2c(F)cccc2F)S1(O)O.Cl. The Morgan fingerprint density at radius 3 is 2.26 bits per heavy atom. The zero-order chi connectivity index (χ0) is 18.7. The molecule has 0 fully saturated rings. The number of likely N-dealkylation sites (N-methyl/N-ethyl adjacent to an activating group) is 1. The van der Waals surface area contributed by atoms with Crippen LogP contribution in [0.3, 0.4) is 0 Å². The van der Waals surface area contributed by atoms with E-state index in [1.54, 1.807) is 31.3 Å². The Hall–Kier alpha value is -1.62. The van der Waals surface area contributed by atoms with Crippen molar-refractivity contribution in [3.8, 4) is 0 Å². The van der Waals surface area contributed by atoms with Crippen LogP contribution in [-0.4, -0.2) is 42.5 Å². The van der Waals surface area contributed by atoms with Crippen LogP contribution in [0, 0.1) is 11.6 Å². The fourth-order valence-electron chi connectivity index (χ4n) is 2.80. The zero-order valence-corrected chi connectivity index (χ0v) is 16.3. The third kappa shape index (κ3) is 4.13. The highest BCUT2D eigenvalue weighted by Gasteiger charge is 2.43. The second-order valence-electron chi connectivity index (χ2n) is 5.66. The number of ether oxygens (including phenoxy) is 1. The molecule has 3 N–H and O–H groups in total. The van der Waals surface area contributed by atoms with Crippen LogP contribution in [0.15, 0.2) is 42.5 Å². The fraction of sp³-hybridized carbons (Fsp3) is 0.294. The quantitative estimate of drug-likeness (QED) is 0.583. The predicted molar refractivity (Wildman–Crippen MR) is 107 cm³/mol. The monoisotopic (exact) mass is 421 g/mol. The van der Waals surface area contributed by atoms with E-state index in [-0.39, 0.29) is 25.6 Å². The van der Waals surface area contributed by atoms with E-state index >= 15 is 0 Å². The maximum atomic E-state index is 14.3. The van der Waals surface area contributed by atoms with Crippen molar-refractivity contribution in [1.29, 1.82) is 0 Å². The molecule has 0 atom stereocenters. The Bertz CT molecular complexity index is 765. The number of fused-ring (bicyclic) bond motifs is 1. The number of nitrogens with zero attached hydrogens (tertiary/aromatic N) is 2. The van der Waals surface area contributed by atoms with Gasteiger partial charge in [-0.1, -0.05) is 18.2 Å². The average molecular weight is 422 g/mol. The molecule has 150 valence electrons. The van der Waals surface area contributed by atoms with Gasteiger partial charge in [0, 0.05) is 6.54 Å². The van der Waals surface area contributed by atoms with Crippen LogP contribution < -0.4 is 13.9 Å². The maximum absolute atomic E-state index is 14.3. The predicted octanol–water partition coefficient (Wildman–Crippen LogP) is 4.16. The highest BCUT2D eigenvalue weighted by Crippen LogP contribution is 2.64. The molecule has 10 heteroatoms. The smallest absolute Gasteiger partial charge is 0.151 e. The van der Waals surface area contributed by atoms with Gasteiger partial charge >= 0.3 is 0 Å². The lowest BCUT2D eigenvalue weighted by molar-refractivity contribution is 0.145. The van der Waals surface area contributed by atoms with Gasteiger partial charge in [0.25, 0.3) is 0 Å². The second-order valence-corrected chi connectivity index (χ2v) is 7.45. The first kappa shape index (κ1) is 21.7. The van der Waals surface area contributed by atoms with Crippen LogP contribution in [0.5, 0.6) is 0 Å². The summed E-state index contributed by atoms with van der Waals surface area (Å²) >= 11 is 0. The second kappa shape index (κ2) is 9.05. The minimum absolute atomic E-state index is 0. The van der Waals surface area contributed by atoms with Crippen LogP contribution in [0.2, 0.25) is 0 Å². The molecule has 0 saturated carbocycles. The van der Waals surface area contributed by atoms with E-state index in [4.69, 9.17) is 4.74 Å². The van der Waals surface area contributed by atoms with Crippen molar-refractivity contribution in [3.05, 3.63) is 54.1 Å². The van der Waals surface area contributed by atoms with Crippen molar-refractivity contribution in [1.82, 2.24) is 5.32 Å². The zero-order valence-electron chi connectivity index (χ0n) is 14.6. The molecule has 3 rings (SSSR count). The highest BCUT2D eigenvalue weighted by molar-refractivity contribution is 8.27. The first-order chi connectivity index (χ1) is 12.5. The Morgan fingerprint density at radius 2 is 1.63 bits per heavy atom. The van der Waals surface area contributed by atoms with E-state index < -0.39 is 28.3 Å². The van der Waals surface area contributed by atoms with Gasteiger partial charge in [0.05, 0.1) is 31.1 Å². The lowest BCUT2D eigenvalue weighted by Gasteiger charge is -2.43. The topological polar surface area (TPSA) is 68.2 Å². The molecule has 1 aliphatic heterocycles. The van der Waals surface area contributed by atoms with E-state index in [0.717, 1.165) is 16.4 Å². The minimum Gasteiger partial charge on any atom is -0.378 e. The molecule has 0 bridgehead atoms. The van der Waals surface area contributed by atoms with Gasteiger partial charge in [0.2, 0.25) is 0 Å². The van der Waals surface area contributed by atoms with E-state index in [0.29, 0.717) is 24.5 Å². The Morgan fingerprint density at radius 1 is 1.00 bits per heavy atom. The summed E-state index contributed by atoms with van der Waals surface area (Å²) in [7, 11) is -1.88. The summed E-state index contributed by atoms with van der Waals surface area (Å²) in [4.78, 5) is 0. The Balaban J connectivity index is 0.00000261. The highest BCUT2D eigenvalue weighted by atomic mass is 35.5. The summed E-state index contributed by atoms with van der Waals surface area (Å²) in [5, 5.41) is 2.95. The van der Waals surface area contributed by atoms with E-state index in [2.05, 4.69) is 5.32 Å². The Labute approximate surface area is 164 Å². The van der Waals surface area contributed by atoms with Crippen LogP contribution in [0.1, 0.15) is 0 Å². The molecule has 1 heterocycles. The van der Waals surface area contributed by atoms with Crippen LogP contribution in [-0.2, 0) is 4.74 Å². The molecule has 1 aliphatic rings. The molecule has 0 aliphatic carbocycles. The molecule has 0 radical (unpaired) electrons. The molecule has 0 saturated heterocycles. The lowest BCUT2D eigenvalue weighted by Crippen LogP contribution is -2.34. The number of benzene rings is 2. The van der Waals surface area contributed by atoms with Crippen molar-refractivity contribution in [3.63, 3.8) is 0 Å². The average Bonchev–Trinajstić information content (AvgIpc) is 2.82. The molecular formula is C17H22ClF2N3O3S. The molecule has 0 amide bonds. The third-order valence-corrected chi connectivity index (χ3v) is 5.83. The molecular weight excluding hydrogens is 400 g/mol. The number of halogens is 3. The number of rotatable bonds is 7. The van der Waals surface area contributed by atoms with Gasteiger partial charge < -0.3 is 10.1 Å². The first-order valence-electron chi connectivity index (χ1n) is 8.10. The van der Waals surface area contributed by atoms with Gasteiger partial charge in [-0.05, 0) is 42.3 Å². The molecule has 27 heavy (non-hydrogen) atoms. The summed E-state index contributed by atoms with van der Waals surface area (Å²) in [6, 6.07) is 10.1. The first-order valence-corrected chi connectivity index (χ1v) is 9.56. The van der Waals surface area contributed by atoms with Gasteiger partial charge in [-0.25, -0.2) is 17.4 Å². The van der Waals surface area contributed by atoms with E-state index in [1.165, 1.54) is 10.4 Å². The molecule has 6 nitrogen and oxygen atoms in total. The fourth-order valence-corrected chi connectivity index (χ4v) is 4.57. The maximum Gasteiger partial charge on any atom is 0.151 e. The third-order valence-electron chi connectivity index (χ3n) is 3.99. The van der Waals surface area contributed by atoms with Crippen LogP contribution in [0.4, 0.5) is 25.8 Å². The largest absolute Gasteiger partial charge is 0.378 e. The van der Waals surface area contributed by atoms with Crippen molar-refractivity contribution in [2.75, 3.05) is 42.0 Å². The van der Waals surface area contributed by atoms with Crippen molar-refractivity contribution < 1.29 is 22.6 Å². The van der Waals surface area contributed by atoms with E-state index in [9.17, 15) is 17.9 Å². The lowest BCUT2D eigenvalue weighted by atomic mass is 10.2. The van der Waals surface area contributed by atoms with Gasteiger partial charge in [0.15, 0.2) is 11.6 Å². The number of hydrogen-bond donors (Lipinski definition) is 3. The van der Waals surface area contributed by atoms with Gasteiger partial charge in [-0.15, -0.1) is 12.4 Å². The van der Waals surface area contributed by atoms with Gasteiger partial charge in [-0.2, -0.15) is 0 Å². The van der Waals surface area contributed by atoms with Crippen molar-refractivity contribution in [2.45, 2.75) is 0 Å². The summed E-state index contributed by atoms with van der Waals surface area (Å²) in [6.07, 6.45) is 0. The van der Waals surface area contributed by atoms with Crippen LogP contribution in [0.25, 0.3) is 0 Å². The summed E-state index contributed by atoms with van der Waals surface area (Å²) < 4.78 is 58.0. The number of hydrogen-bond acceptors (Lipinski definition) is 6. The molecule has 2 aromatic rings. The summed E-state index contributed by atoms with van der Waals surface area (Å²) in [5.74, 6) is -1.74. The normalized spacial score (nSPS) is 16.0. The molecule has 0 spiro atoms. The van der Waals surface area contributed by atoms with Crippen LogP contribution >= 0.6 is 23.4 Å². The number of anilines is 3. The van der Waals surface area contributed by atoms with Gasteiger partial charge in [-0.3, -0.25) is 9.11 Å². The summed E-state index contributed by atoms with van der Waals surface area (Å²) in [5.41, 5.74) is 0.317. The van der Waals surface area contributed by atoms with Gasteiger partial charge in [0.1, 0.15) is 5.69 Å². The molecule has 2 aromatic carbocycles. The molecule has 0 unspecified atom stereocenters. The number of nitrogens with one attached hydrogen (secondary N) is 1. The summed E-state index contributed by atoms with van der Waals surface area (Å²) in [6.45, 7) is 1.53.